The summed E-state index contributed by atoms with van der Waals surface area (Å²) in [5, 5.41) is 5.35. The normalized spacial score (nSPS) is 11.4. The highest BCUT2D eigenvalue weighted by Crippen LogP contribution is 2.29. The molecular weight excluding hydrogens is 517 g/mol. The third-order valence-electron chi connectivity index (χ3n) is 6.33. The molecule has 3 rings (SSSR count). The van der Waals surface area contributed by atoms with Crippen LogP contribution in [0.15, 0.2) is 96.6 Å². The first-order valence-corrected chi connectivity index (χ1v) is 14.7. The molecule has 1 N–H and O–H groups in total. The van der Waals surface area contributed by atoms with Crippen LogP contribution < -0.4 is 10.2 Å². The van der Waals surface area contributed by atoms with E-state index in [1.807, 2.05) is 58.0 Å². The van der Waals surface area contributed by atoms with Crippen molar-refractivity contribution < 1.29 is 13.2 Å². The Morgan fingerprint density at radius 2 is 1.51 bits per heavy atom. The van der Waals surface area contributed by atoms with Gasteiger partial charge in [0.25, 0.3) is 0 Å². The Balaban J connectivity index is 0.000000653. The van der Waals surface area contributed by atoms with Gasteiger partial charge in [0, 0.05) is 42.8 Å². The van der Waals surface area contributed by atoms with E-state index < -0.39 is 12.6 Å². The first-order chi connectivity index (χ1) is 19.6. The summed E-state index contributed by atoms with van der Waals surface area (Å²) in [7, 11) is 0. The second-order valence-corrected chi connectivity index (χ2v) is 9.71. The zero-order valence-corrected chi connectivity index (χ0v) is 26.0. The maximum absolute atomic E-state index is 12.4. The molecule has 0 amide bonds. The molecule has 0 spiro atoms. The predicted octanol–water partition coefficient (Wildman–Crippen LogP) is 11.1. The van der Waals surface area contributed by atoms with E-state index in [0.29, 0.717) is 6.54 Å². The molecule has 0 aliphatic heterocycles. The fourth-order valence-electron chi connectivity index (χ4n) is 4.51. The van der Waals surface area contributed by atoms with Crippen molar-refractivity contribution in [2.75, 3.05) is 29.9 Å². The SMILES string of the molecule is C=C(C)/C=C(C)\C=C/C.CC.CCN(CC)c1ccc(Cc2ccc(NCCCC(F)(F)F)c3ccccc23)cc1. The van der Waals surface area contributed by atoms with Gasteiger partial charge in [0.05, 0.1) is 0 Å². The van der Waals surface area contributed by atoms with E-state index in [0.717, 1.165) is 41.5 Å². The van der Waals surface area contributed by atoms with E-state index in [4.69, 9.17) is 0 Å². The molecule has 3 aromatic carbocycles. The van der Waals surface area contributed by atoms with E-state index in [2.05, 4.69) is 86.1 Å². The molecule has 3 aromatic rings. The Morgan fingerprint density at radius 1 is 0.902 bits per heavy atom. The average molecular weight is 567 g/mol. The number of allylic oxidation sites excluding steroid dienone is 5. The van der Waals surface area contributed by atoms with Crippen molar-refractivity contribution in [3.63, 3.8) is 0 Å². The van der Waals surface area contributed by atoms with Crippen LogP contribution in [0.4, 0.5) is 24.5 Å². The van der Waals surface area contributed by atoms with Crippen LogP contribution in [0.5, 0.6) is 0 Å². The molecule has 224 valence electrons. The van der Waals surface area contributed by atoms with Crippen LogP contribution in [-0.4, -0.2) is 25.8 Å². The highest BCUT2D eigenvalue weighted by Gasteiger charge is 2.25. The minimum Gasteiger partial charge on any atom is -0.385 e. The van der Waals surface area contributed by atoms with Gasteiger partial charge in [-0.1, -0.05) is 92.3 Å². The molecular formula is C36H49F3N2. The van der Waals surface area contributed by atoms with Gasteiger partial charge in [-0.2, -0.15) is 13.2 Å². The number of hydrogen-bond acceptors (Lipinski definition) is 2. The molecule has 0 heterocycles. The van der Waals surface area contributed by atoms with Gasteiger partial charge in [-0.3, -0.25) is 0 Å². The lowest BCUT2D eigenvalue weighted by Gasteiger charge is -2.21. The molecule has 0 atom stereocenters. The van der Waals surface area contributed by atoms with Gasteiger partial charge >= 0.3 is 6.18 Å². The van der Waals surface area contributed by atoms with Crippen LogP contribution in [-0.2, 0) is 6.42 Å². The summed E-state index contributed by atoms with van der Waals surface area (Å²) in [5.41, 5.74) is 6.92. The monoisotopic (exact) mass is 566 g/mol. The van der Waals surface area contributed by atoms with E-state index in [-0.39, 0.29) is 6.42 Å². The molecule has 0 unspecified atom stereocenters. The lowest BCUT2D eigenvalue weighted by atomic mass is 9.97. The van der Waals surface area contributed by atoms with Crippen molar-refractivity contribution >= 4 is 22.1 Å². The van der Waals surface area contributed by atoms with Gasteiger partial charge in [0.15, 0.2) is 0 Å². The van der Waals surface area contributed by atoms with Crippen molar-refractivity contribution in [2.45, 2.75) is 73.9 Å². The van der Waals surface area contributed by atoms with Gasteiger partial charge in [0.1, 0.15) is 0 Å². The predicted molar refractivity (Wildman–Crippen MR) is 175 cm³/mol. The number of rotatable bonds is 11. The van der Waals surface area contributed by atoms with Crippen LogP contribution in [0.25, 0.3) is 10.8 Å². The first-order valence-electron chi connectivity index (χ1n) is 14.7. The maximum Gasteiger partial charge on any atom is 0.389 e. The summed E-state index contributed by atoms with van der Waals surface area (Å²) in [6.07, 6.45) is 2.16. The van der Waals surface area contributed by atoms with Crippen molar-refractivity contribution in [3.8, 4) is 0 Å². The lowest BCUT2D eigenvalue weighted by Crippen LogP contribution is -2.21. The van der Waals surface area contributed by atoms with Gasteiger partial charge in [0.2, 0.25) is 0 Å². The number of hydrogen-bond donors (Lipinski definition) is 1. The summed E-state index contributed by atoms with van der Waals surface area (Å²) in [6.45, 7) is 20.4. The van der Waals surface area contributed by atoms with Crippen molar-refractivity contribution in [1.29, 1.82) is 0 Å². The van der Waals surface area contributed by atoms with Crippen LogP contribution in [0.2, 0.25) is 0 Å². The zero-order chi connectivity index (χ0) is 30.8. The third-order valence-corrected chi connectivity index (χ3v) is 6.33. The Kier molecular flexibility index (Phi) is 16.3. The third kappa shape index (κ3) is 13.2. The van der Waals surface area contributed by atoms with Crippen molar-refractivity contribution in [2.24, 2.45) is 0 Å². The average Bonchev–Trinajstić information content (AvgIpc) is 2.94. The molecule has 0 aromatic heterocycles. The lowest BCUT2D eigenvalue weighted by molar-refractivity contribution is -0.134. The Bertz CT molecular complexity index is 1230. The molecule has 2 nitrogen and oxygen atoms in total. The minimum atomic E-state index is -4.10. The topological polar surface area (TPSA) is 15.3 Å². The van der Waals surface area contributed by atoms with E-state index in [1.165, 1.54) is 22.4 Å². The number of fused-ring (bicyclic) bond motifs is 1. The molecule has 0 fully saturated rings. The molecule has 0 saturated heterocycles. The quantitative estimate of drug-likeness (QED) is 0.183. The van der Waals surface area contributed by atoms with E-state index in [1.54, 1.807) is 0 Å². The van der Waals surface area contributed by atoms with Crippen LogP contribution >= 0.6 is 0 Å². The second-order valence-electron chi connectivity index (χ2n) is 9.71. The Morgan fingerprint density at radius 3 is 2.05 bits per heavy atom. The highest BCUT2D eigenvalue weighted by molar-refractivity contribution is 5.96. The minimum absolute atomic E-state index is 0.0679. The van der Waals surface area contributed by atoms with Crippen LogP contribution in [0.1, 0.15) is 72.4 Å². The van der Waals surface area contributed by atoms with Crippen molar-refractivity contribution in [1.82, 2.24) is 0 Å². The second kappa shape index (κ2) is 18.8. The summed E-state index contributed by atoms with van der Waals surface area (Å²) < 4.78 is 37.1. The van der Waals surface area contributed by atoms with Gasteiger partial charge in [-0.25, -0.2) is 0 Å². The maximum atomic E-state index is 12.4. The summed E-state index contributed by atoms with van der Waals surface area (Å²) in [6, 6.07) is 20.8. The van der Waals surface area contributed by atoms with E-state index >= 15 is 0 Å². The molecule has 0 radical (unpaired) electrons. The van der Waals surface area contributed by atoms with Gasteiger partial charge in [-0.05, 0) is 82.2 Å². The first kappa shape index (κ1) is 35.6. The van der Waals surface area contributed by atoms with Crippen LogP contribution in [0.3, 0.4) is 0 Å². The Hall–Kier alpha value is -3.47. The van der Waals surface area contributed by atoms with Crippen molar-refractivity contribution in [3.05, 3.63) is 108 Å². The largest absolute Gasteiger partial charge is 0.389 e. The zero-order valence-electron chi connectivity index (χ0n) is 26.0. The fourth-order valence-corrected chi connectivity index (χ4v) is 4.51. The molecule has 41 heavy (non-hydrogen) atoms. The number of nitrogens with one attached hydrogen (secondary N) is 1. The van der Waals surface area contributed by atoms with E-state index in [9.17, 15) is 13.2 Å². The number of anilines is 2. The molecule has 0 saturated carbocycles. The summed E-state index contributed by atoms with van der Waals surface area (Å²) in [4.78, 5) is 2.32. The van der Waals surface area contributed by atoms with Crippen LogP contribution in [0, 0.1) is 0 Å². The molecule has 5 heteroatoms. The Labute approximate surface area is 246 Å². The summed E-state index contributed by atoms with van der Waals surface area (Å²) in [5.74, 6) is 0. The molecule has 0 aliphatic carbocycles. The van der Waals surface area contributed by atoms with Gasteiger partial charge < -0.3 is 10.2 Å². The number of benzene rings is 3. The smallest absolute Gasteiger partial charge is 0.385 e. The van der Waals surface area contributed by atoms with Gasteiger partial charge in [-0.15, -0.1) is 0 Å². The number of nitrogens with zero attached hydrogens (tertiary/aromatic N) is 1. The fraction of sp³-hybridized carbons (Fsp3) is 0.389. The standard InChI is InChI=1S/C25H29F3N2.C9H14.C2H6/c1-3-30(4-2)21-13-10-19(11-14-21)18-20-12-15-24(23-9-6-5-8-22(20)23)29-17-7-16-25(26,27)28;1-5-6-9(4)7-8(2)3;1-2/h5-6,8-15,29H,3-4,7,16-18H2,1-2H3;5-7H,2H2,1,3-4H3;1-2H3/b;6-5-,9-7-;. The molecule has 0 bridgehead atoms. The highest BCUT2D eigenvalue weighted by atomic mass is 19.4. The molecule has 0 aliphatic rings. The number of alkyl halides is 3. The number of halogens is 3. The summed E-state index contributed by atoms with van der Waals surface area (Å²) >= 11 is 0.